The summed E-state index contributed by atoms with van der Waals surface area (Å²) < 4.78 is 52.6. The molecule has 2 aliphatic rings. The predicted molar refractivity (Wildman–Crippen MR) is 124 cm³/mol. The van der Waals surface area contributed by atoms with Crippen molar-refractivity contribution in [3.63, 3.8) is 0 Å². The lowest BCUT2D eigenvalue weighted by Gasteiger charge is -2.37. The summed E-state index contributed by atoms with van der Waals surface area (Å²) in [7, 11) is -8.29. The van der Waals surface area contributed by atoms with Crippen LogP contribution in [0.2, 0.25) is 0 Å². The number of hydrogen-bond acceptors (Lipinski definition) is 5. The second-order valence-electron chi connectivity index (χ2n) is 10.1. The van der Waals surface area contributed by atoms with Crippen molar-refractivity contribution in [2.75, 3.05) is 0 Å². The molecule has 0 amide bonds. The van der Waals surface area contributed by atoms with E-state index in [2.05, 4.69) is 20.8 Å². The Kier molecular flexibility index (Phi) is 5.83. The fraction of sp³-hybridized carbons (Fsp3) is 0.520. The Morgan fingerprint density at radius 2 is 1.34 bits per heavy atom. The molecule has 0 aliphatic heterocycles. The van der Waals surface area contributed by atoms with Gasteiger partial charge in [0, 0.05) is 0 Å². The molecule has 0 aromatic heterocycles. The fourth-order valence-corrected chi connectivity index (χ4v) is 10.8. The van der Waals surface area contributed by atoms with Gasteiger partial charge in [0.1, 0.15) is 0 Å². The van der Waals surface area contributed by atoms with Crippen molar-refractivity contribution in [2.45, 2.75) is 66.9 Å². The van der Waals surface area contributed by atoms with Gasteiger partial charge in [-0.15, -0.1) is 0 Å². The summed E-state index contributed by atoms with van der Waals surface area (Å²) in [6, 6.07) is 15.6. The van der Waals surface area contributed by atoms with Crippen molar-refractivity contribution in [3.05, 3.63) is 60.7 Å². The predicted octanol–water partition coefficient (Wildman–Crippen LogP) is 4.47. The SMILES string of the molecule is CC1(C)[C@H]2CC[C@]1(C)[C@@H](O)[C@@H]2CCC(S(=O)(=O)c1ccccc1)S(=O)(=O)c1ccccc1. The zero-order valence-electron chi connectivity index (χ0n) is 18.8. The zero-order valence-corrected chi connectivity index (χ0v) is 20.4. The van der Waals surface area contributed by atoms with E-state index in [0.29, 0.717) is 6.42 Å². The Hall–Kier alpha value is -1.70. The first-order chi connectivity index (χ1) is 14.9. The summed E-state index contributed by atoms with van der Waals surface area (Å²) in [6.45, 7) is 6.45. The number of fused-ring (bicyclic) bond motifs is 2. The molecule has 2 aliphatic carbocycles. The van der Waals surface area contributed by atoms with Crippen LogP contribution in [0.25, 0.3) is 0 Å². The molecule has 2 aromatic carbocycles. The molecule has 1 N–H and O–H groups in total. The highest BCUT2D eigenvalue weighted by atomic mass is 32.3. The van der Waals surface area contributed by atoms with Crippen LogP contribution in [-0.4, -0.2) is 32.6 Å². The summed E-state index contributed by atoms with van der Waals surface area (Å²) in [4.78, 5) is 0.00979. The van der Waals surface area contributed by atoms with E-state index < -0.39 is 30.4 Å². The van der Waals surface area contributed by atoms with Crippen LogP contribution >= 0.6 is 0 Å². The molecule has 0 spiro atoms. The average molecular weight is 477 g/mol. The average Bonchev–Trinajstić information content (AvgIpc) is 3.08. The largest absolute Gasteiger partial charge is 0.392 e. The fourth-order valence-electron chi connectivity index (χ4n) is 6.22. The maximum atomic E-state index is 13.5. The van der Waals surface area contributed by atoms with Gasteiger partial charge >= 0.3 is 0 Å². The minimum Gasteiger partial charge on any atom is -0.392 e. The standard InChI is InChI=1S/C25H32O5S2/c1-24(2)21-16-17-25(24,3)23(26)20(21)14-15-22(31(27,28)18-10-6-4-7-11-18)32(29,30)19-12-8-5-9-13-19/h4-13,20-23,26H,14-17H2,1-3H3/t20-,21+,23+,25-/m1/s1. The Morgan fingerprint density at radius 1 is 0.875 bits per heavy atom. The summed E-state index contributed by atoms with van der Waals surface area (Å²) in [5, 5.41) is 11.1. The highest BCUT2D eigenvalue weighted by Gasteiger charge is 2.65. The molecule has 7 heteroatoms. The first kappa shape index (κ1) is 23.5. The highest BCUT2D eigenvalue weighted by Crippen LogP contribution is 2.68. The molecular weight excluding hydrogens is 444 g/mol. The summed E-state index contributed by atoms with van der Waals surface area (Å²) >= 11 is 0. The highest BCUT2D eigenvalue weighted by molar-refractivity contribution is 8.09. The number of hydrogen-bond donors (Lipinski definition) is 1. The van der Waals surface area contributed by atoms with Gasteiger partial charge in [0.25, 0.3) is 0 Å². The van der Waals surface area contributed by atoms with Gasteiger partial charge in [-0.2, -0.15) is 0 Å². The molecule has 5 nitrogen and oxygen atoms in total. The van der Waals surface area contributed by atoms with E-state index in [4.69, 9.17) is 0 Å². The Balaban J connectivity index is 1.70. The Morgan fingerprint density at radius 3 is 1.75 bits per heavy atom. The lowest BCUT2D eigenvalue weighted by Crippen LogP contribution is -2.38. The smallest absolute Gasteiger partial charge is 0.195 e. The van der Waals surface area contributed by atoms with E-state index >= 15 is 0 Å². The van der Waals surface area contributed by atoms with Crippen molar-refractivity contribution in [1.29, 1.82) is 0 Å². The lowest BCUT2D eigenvalue weighted by atomic mass is 9.70. The minimum atomic E-state index is -4.14. The van der Waals surface area contributed by atoms with Gasteiger partial charge in [0.05, 0.1) is 15.9 Å². The van der Waals surface area contributed by atoms with Gasteiger partial charge in [-0.25, -0.2) is 16.8 Å². The maximum Gasteiger partial charge on any atom is 0.195 e. The molecule has 0 unspecified atom stereocenters. The zero-order chi connectivity index (χ0) is 23.4. The van der Waals surface area contributed by atoms with Crippen LogP contribution in [0, 0.1) is 22.7 Å². The van der Waals surface area contributed by atoms with Gasteiger partial charge in [-0.3, -0.25) is 0 Å². The van der Waals surface area contributed by atoms with Crippen molar-refractivity contribution in [1.82, 2.24) is 0 Å². The summed E-state index contributed by atoms with van der Waals surface area (Å²) in [5.41, 5.74) is -0.294. The second-order valence-corrected chi connectivity index (χ2v) is 14.7. The van der Waals surface area contributed by atoms with Crippen LogP contribution in [0.3, 0.4) is 0 Å². The quantitative estimate of drug-likeness (QED) is 0.637. The van der Waals surface area contributed by atoms with Crippen LogP contribution in [-0.2, 0) is 19.7 Å². The first-order valence-electron chi connectivity index (χ1n) is 11.2. The number of aliphatic hydroxyl groups is 1. The third-order valence-electron chi connectivity index (χ3n) is 8.52. The molecule has 0 saturated heterocycles. The van der Waals surface area contributed by atoms with E-state index in [1.807, 2.05) is 0 Å². The Bertz CT molecular complexity index is 1100. The van der Waals surface area contributed by atoms with Crippen LogP contribution in [0.1, 0.15) is 46.5 Å². The third-order valence-corrected chi connectivity index (χ3v) is 13.8. The number of sulfone groups is 2. The topological polar surface area (TPSA) is 88.5 Å². The van der Waals surface area contributed by atoms with E-state index in [-0.39, 0.29) is 38.9 Å². The molecule has 2 saturated carbocycles. The molecule has 174 valence electrons. The van der Waals surface area contributed by atoms with Crippen LogP contribution in [0.4, 0.5) is 0 Å². The molecular formula is C25H32O5S2. The number of rotatable bonds is 7. The summed E-state index contributed by atoms with van der Waals surface area (Å²) in [5.74, 6) is 0.144. The number of benzene rings is 2. The van der Waals surface area contributed by atoms with Crippen molar-refractivity contribution < 1.29 is 21.9 Å². The van der Waals surface area contributed by atoms with E-state index in [9.17, 15) is 21.9 Å². The van der Waals surface area contributed by atoms with Crippen LogP contribution < -0.4 is 0 Å². The van der Waals surface area contributed by atoms with Crippen LogP contribution in [0.5, 0.6) is 0 Å². The van der Waals surface area contributed by atoms with E-state index in [1.54, 1.807) is 36.4 Å². The molecule has 2 fully saturated rings. The van der Waals surface area contributed by atoms with Gasteiger partial charge in [-0.05, 0) is 72.6 Å². The molecule has 2 bridgehead atoms. The number of aliphatic hydroxyl groups excluding tert-OH is 1. The van der Waals surface area contributed by atoms with Crippen molar-refractivity contribution in [3.8, 4) is 0 Å². The monoisotopic (exact) mass is 476 g/mol. The van der Waals surface area contributed by atoms with Crippen molar-refractivity contribution >= 4 is 19.7 Å². The molecule has 32 heavy (non-hydrogen) atoms. The third kappa shape index (κ3) is 3.44. The molecule has 4 rings (SSSR count). The van der Waals surface area contributed by atoms with E-state index in [0.717, 1.165) is 12.8 Å². The van der Waals surface area contributed by atoms with Crippen LogP contribution in [0.15, 0.2) is 70.5 Å². The first-order valence-corrected chi connectivity index (χ1v) is 14.3. The van der Waals surface area contributed by atoms with Gasteiger partial charge in [0.2, 0.25) is 0 Å². The van der Waals surface area contributed by atoms with Gasteiger partial charge in [0.15, 0.2) is 24.3 Å². The van der Waals surface area contributed by atoms with Gasteiger partial charge < -0.3 is 5.11 Å². The molecule has 4 atom stereocenters. The van der Waals surface area contributed by atoms with Gasteiger partial charge in [-0.1, -0.05) is 57.2 Å². The van der Waals surface area contributed by atoms with Crippen molar-refractivity contribution in [2.24, 2.45) is 22.7 Å². The molecule has 2 aromatic rings. The molecule has 0 heterocycles. The minimum absolute atomic E-state index is 0.00490. The Labute approximate surface area is 191 Å². The van der Waals surface area contributed by atoms with E-state index in [1.165, 1.54) is 24.3 Å². The maximum absolute atomic E-state index is 13.5. The second kappa shape index (κ2) is 7.96. The molecule has 0 radical (unpaired) electrons. The summed E-state index contributed by atoms with van der Waals surface area (Å²) in [6.07, 6.45) is 1.67. The lowest BCUT2D eigenvalue weighted by molar-refractivity contribution is -0.0123. The normalized spacial score (nSPS) is 29.5.